The van der Waals surface area contributed by atoms with Gasteiger partial charge in [0.1, 0.15) is 0 Å². The van der Waals surface area contributed by atoms with E-state index in [9.17, 15) is 0 Å². The number of aliphatic hydroxyl groups is 1. The molecule has 0 spiro atoms. The maximum atomic E-state index is 8.13. The Morgan fingerprint density at radius 3 is 2.25 bits per heavy atom. The summed E-state index contributed by atoms with van der Waals surface area (Å²) in [5.74, 6) is 0. The van der Waals surface area contributed by atoms with E-state index in [2.05, 4.69) is 24.3 Å². The van der Waals surface area contributed by atoms with E-state index in [-0.39, 0.29) is 6.61 Å². The van der Waals surface area contributed by atoms with Crippen LogP contribution in [-0.4, -0.2) is 31.5 Å². The Morgan fingerprint density at radius 1 is 1.12 bits per heavy atom. The molecule has 3 nitrogen and oxygen atoms in total. The van der Waals surface area contributed by atoms with E-state index < -0.39 is 0 Å². The number of benzene rings is 1. The van der Waals surface area contributed by atoms with Crippen LogP contribution in [0.25, 0.3) is 0 Å². The third kappa shape index (κ3) is 4.75. The first-order valence-corrected chi connectivity index (χ1v) is 5.84. The summed E-state index contributed by atoms with van der Waals surface area (Å²) in [6.45, 7) is 1.55. The summed E-state index contributed by atoms with van der Waals surface area (Å²) < 4.78 is 4.76. The molecule has 0 bridgehead atoms. The van der Waals surface area contributed by atoms with Crippen LogP contribution in [0.4, 0.5) is 0 Å². The molecule has 0 amide bonds. The van der Waals surface area contributed by atoms with Crippen LogP contribution in [0, 0.1) is 0 Å². The van der Waals surface area contributed by atoms with Crippen LogP contribution < -0.4 is 5.73 Å². The highest BCUT2D eigenvalue weighted by Crippen LogP contribution is 2.20. The second-order valence-corrected chi connectivity index (χ2v) is 3.75. The van der Waals surface area contributed by atoms with E-state index >= 15 is 0 Å². The minimum atomic E-state index is 0.0833. The molecular formula is C13H21NO2. The van der Waals surface area contributed by atoms with Gasteiger partial charge in [0.25, 0.3) is 0 Å². The van der Waals surface area contributed by atoms with Gasteiger partial charge in [0.2, 0.25) is 0 Å². The molecule has 16 heavy (non-hydrogen) atoms. The van der Waals surface area contributed by atoms with Crippen molar-refractivity contribution in [3.63, 3.8) is 0 Å². The largest absolute Gasteiger partial charge is 0.394 e. The number of fused-ring (bicyclic) bond motifs is 1. The maximum absolute atomic E-state index is 8.13. The molecule has 1 aromatic carbocycles. The minimum Gasteiger partial charge on any atom is -0.394 e. The maximum Gasteiger partial charge on any atom is 0.0698 e. The molecule has 3 N–H and O–H groups in total. The van der Waals surface area contributed by atoms with Crippen molar-refractivity contribution in [1.82, 2.24) is 0 Å². The Balaban J connectivity index is 0.000000168. The number of nitrogens with two attached hydrogens (primary N) is 1. The summed E-state index contributed by atoms with van der Waals surface area (Å²) in [6, 6.07) is 8.74. The van der Waals surface area contributed by atoms with Crippen molar-refractivity contribution in [2.24, 2.45) is 5.73 Å². The van der Waals surface area contributed by atoms with Crippen molar-refractivity contribution in [2.75, 3.05) is 26.4 Å². The fraction of sp³-hybridized carbons (Fsp3) is 0.538. The second-order valence-electron chi connectivity index (χ2n) is 3.75. The molecule has 0 unspecified atom stereocenters. The Kier molecular flexibility index (Phi) is 6.81. The smallest absolute Gasteiger partial charge is 0.0698 e. The highest BCUT2D eigenvalue weighted by Gasteiger charge is 2.07. The molecule has 0 aliphatic heterocycles. The van der Waals surface area contributed by atoms with Gasteiger partial charge in [-0.2, -0.15) is 0 Å². The average molecular weight is 223 g/mol. The van der Waals surface area contributed by atoms with Gasteiger partial charge in [0.05, 0.1) is 19.8 Å². The monoisotopic (exact) mass is 223 g/mol. The van der Waals surface area contributed by atoms with Crippen molar-refractivity contribution in [3.05, 3.63) is 35.4 Å². The zero-order valence-electron chi connectivity index (χ0n) is 9.69. The van der Waals surface area contributed by atoms with Gasteiger partial charge in [0, 0.05) is 6.54 Å². The molecule has 0 aromatic heterocycles. The molecule has 0 radical (unpaired) electrons. The molecule has 1 aliphatic carbocycles. The van der Waals surface area contributed by atoms with Gasteiger partial charge in [-0.1, -0.05) is 24.3 Å². The van der Waals surface area contributed by atoms with Crippen LogP contribution in [-0.2, 0) is 17.6 Å². The van der Waals surface area contributed by atoms with E-state index in [1.54, 1.807) is 11.1 Å². The SMILES string of the molecule is NCCOCCO.c1ccc2c(c1)CCC2. The van der Waals surface area contributed by atoms with Crippen molar-refractivity contribution in [1.29, 1.82) is 0 Å². The van der Waals surface area contributed by atoms with Crippen LogP contribution in [0.15, 0.2) is 24.3 Å². The average Bonchev–Trinajstić information content (AvgIpc) is 2.78. The quantitative estimate of drug-likeness (QED) is 0.752. The first-order chi connectivity index (χ1) is 7.88. The third-order valence-electron chi connectivity index (χ3n) is 2.51. The lowest BCUT2D eigenvalue weighted by molar-refractivity contribution is 0.0976. The van der Waals surface area contributed by atoms with Crippen LogP contribution in [0.2, 0.25) is 0 Å². The molecule has 0 saturated heterocycles. The Hall–Kier alpha value is -0.900. The number of aliphatic hydroxyl groups excluding tert-OH is 1. The highest BCUT2D eigenvalue weighted by atomic mass is 16.5. The number of aryl methyl sites for hydroxylation is 2. The van der Waals surface area contributed by atoms with Gasteiger partial charge >= 0.3 is 0 Å². The molecule has 90 valence electrons. The lowest BCUT2D eigenvalue weighted by Gasteiger charge is -1.95. The molecule has 0 atom stereocenters. The van der Waals surface area contributed by atoms with Gasteiger partial charge in [-0.3, -0.25) is 0 Å². The number of ether oxygens (including phenoxy) is 1. The van der Waals surface area contributed by atoms with E-state index in [0.717, 1.165) is 0 Å². The Morgan fingerprint density at radius 2 is 1.75 bits per heavy atom. The van der Waals surface area contributed by atoms with E-state index in [0.29, 0.717) is 19.8 Å². The standard InChI is InChI=1S/C9H10.C4H11NO2/c1-2-5-9-7-3-6-8(9)4-1;5-1-3-7-4-2-6/h1-2,4-5H,3,6-7H2;6H,1-5H2. The van der Waals surface area contributed by atoms with Crippen LogP contribution in [0.1, 0.15) is 17.5 Å². The molecule has 1 aromatic rings. The van der Waals surface area contributed by atoms with E-state index in [4.69, 9.17) is 15.6 Å². The molecular weight excluding hydrogens is 202 g/mol. The van der Waals surface area contributed by atoms with Crippen LogP contribution >= 0.6 is 0 Å². The molecule has 0 fully saturated rings. The van der Waals surface area contributed by atoms with Gasteiger partial charge in [-0.15, -0.1) is 0 Å². The fourth-order valence-electron chi connectivity index (χ4n) is 1.76. The van der Waals surface area contributed by atoms with Gasteiger partial charge in [-0.25, -0.2) is 0 Å². The predicted octanol–water partition coefficient (Wildman–Crippen LogP) is 1.13. The third-order valence-corrected chi connectivity index (χ3v) is 2.51. The molecule has 0 heterocycles. The number of hydrogen-bond donors (Lipinski definition) is 2. The molecule has 2 rings (SSSR count). The summed E-state index contributed by atoms with van der Waals surface area (Å²) in [7, 11) is 0. The second kappa shape index (κ2) is 8.28. The van der Waals surface area contributed by atoms with Crippen LogP contribution in [0.5, 0.6) is 0 Å². The summed E-state index contributed by atoms with van der Waals surface area (Å²) in [4.78, 5) is 0. The van der Waals surface area contributed by atoms with E-state index in [1.807, 2.05) is 0 Å². The first kappa shape index (κ1) is 13.2. The minimum absolute atomic E-state index is 0.0833. The van der Waals surface area contributed by atoms with E-state index in [1.165, 1.54) is 19.3 Å². The van der Waals surface area contributed by atoms with Crippen molar-refractivity contribution in [3.8, 4) is 0 Å². The lowest BCUT2D eigenvalue weighted by atomic mass is 10.1. The zero-order valence-corrected chi connectivity index (χ0v) is 9.69. The summed E-state index contributed by atoms with van der Waals surface area (Å²) in [5, 5.41) is 8.13. The van der Waals surface area contributed by atoms with Gasteiger partial charge in [-0.05, 0) is 30.4 Å². The van der Waals surface area contributed by atoms with Crippen LogP contribution in [0.3, 0.4) is 0 Å². The summed E-state index contributed by atoms with van der Waals surface area (Å²) in [5.41, 5.74) is 8.20. The Labute approximate surface area is 97.2 Å². The zero-order chi connectivity index (χ0) is 11.6. The Bertz CT molecular complexity index is 262. The van der Waals surface area contributed by atoms with Crippen molar-refractivity contribution in [2.45, 2.75) is 19.3 Å². The first-order valence-electron chi connectivity index (χ1n) is 5.84. The van der Waals surface area contributed by atoms with Crippen molar-refractivity contribution >= 4 is 0 Å². The normalized spacial score (nSPS) is 12.9. The number of hydrogen-bond acceptors (Lipinski definition) is 3. The fourth-order valence-corrected chi connectivity index (χ4v) is 1.76. The predicted molar refractivity (Wildman–Crippen MR) is 65.4 cm³/mol. The highest BCUT2D eigenvalue weighted by molar-refractivity contribution is 5.30. The molecule has 3 heteroatoms. The molecule has 0 saturated carbocycles. The van der Waals surface area contributed by atoms with Gasteiger partial charge < -0.3 is 15.6 Å². The van der Waals surface area contributed by atoms with Crippen molar-refractivity contribution < 1.29 is 9.84 Å². The topological polar surface area (TPSA) is 55.5 Å². The molecule has 1 aliphatic rings. The lowest BCUT2D eigenvalue weighted by Crippen LogP contribution is -2.10. The number of rotatable bonds is 4. The summed E-state index contributed by atoms with van der Waals surface area (Å²) >= 11 is 0. The van der Waals surface area contributed by atoms with Gasteiger partial charge in [0.15, 0.2) is 0 Å². The summed E-state index contributed by atoms with van der Waals surface area (Å²) in [6.07, 6.45) is 3.96.